The third kappa shape index (κ3) is 1.97. The Balaban J connectivity index is 2.23. The van der Waals surface area contributed by atoms with Gasteiger partial charge >= 0.3 is 0 Å². The highest BCUT2D eigenvalue weighted by atomic mass is 35.5. The van der Waals surface area contributed by atoms with Crippen LogP contribution in [0, 0.1) is 0 Å². The molecular formula is C11H12ClNO2. The van der Waals surface area contributed by atoms with Gasteiger partial charge < -0.3 is 9.69 Å². The van der Waals surface area contributed by atoms with Crippen LogP contribution in [-0.2, 0) is 9.59 Å². The summed E-state index contributed by atoms with van der Waals surface area (Å²) in [5, 5.41) is 0.815. The molecule has 0 aromatic rings. The van der Waals surface area contributed by atoms with Crippen molar-refractivity contribution >= 4 is 23.8 Å². The van der Waals surface area contributed by atoms with Gasteiger partial charge in [0.1, 0.15) is 6.29 Å². The van der Waals surface area contributed by atoms with E-state index in [0.717, 1.165) is 23.3 Å². The van der Waals surface area contributed by atoms with Crippen molar-refractivity contribution in [2.75, 3.05) is 6.54 Å². The summed E-state index contributed by atoms with van der Waals surface area (Å²) in [4.78, 5) is 23.7. The predicted molar refractivity (Wildman–Crippen MR) is 57.4 cm³/mol. The first-order valence-corrected chi connectivity index (χ1v) is 5.36. The Morgan fingerprint density at radius 1 is 1.53 bits per heavy atom. The van der Waals surface area contributed by atoms with Gasteiger partial charge in [-0.2, -0.15) is 0 Å². The second kappa shape index (κ2) is 4.19. The Morgan fingerprint density at radius 2 is 2.33 bits per heavy atom. The molecule has 1 aliphatic heterocycles. The standard InChI is InChI=1S/C11H12ClNO2/c12-9-2-1-8-7-11(15)13(5-6-14)10(8)4-3-9/h1,3,6,10H,2,4-5,7H2. The largest absolute Gasteiger partial charge is 0.328 e. The van der Waals surface area contributed by atoms with E-state index in [9.17, 15) is 9.59 Å². The van der Waals surface area contributed by atoms with Crippen LogP contribution in [0.25, 0.3) is 0 Å². The molecule has 1 atom stereocenters. The number of amides is 1. The molecule has 2 rings (SSSR count). The number of hydrogen-bond acceptors (Lipinski definition) is 2. The maximum absolute atomic E-state index is 11.6. The maximum Gasteiger partial charge on any atom is 0.227 e. The van der Waals surface area contributed by atoms with Crippen LogP contribution in [0.1, 0.15) is 19.3 Å². The van der Waals surface area contributed by atoms with Crippen molar-refractivity contribution in [1.82, 2.24) is 4.90 Å². The molecule has 4 heteroatoms. The van der Waals surface area contributed by atoms with Gasteiger partial charge in [-0.15, -0.1) is 0 Å². The van der Waals surface area contributed by atoms with E-state index in [0.29, 0.717) is 12.8 Å². The van der Waals surface area contributed by atoms with Gasteiger partial charge in [-0.05, 0) is 12.0 Å². The lowest BCUT2D eigenvalue weighted by atomic mass is 10.1. The summed E-state index contributed by atoms with van der Waals surface area (Å²) in [5.74, 6) is 0.0461. The quantitative estimate of drug-likeness (QED) is 0.529. The summed E-state index contributed by atoms with van der Waals surface area (Å²) >= 11 is 5.94. The summed E-state index contributed by atoms with van der Waals surface area (Å²) in [6.07, 6.45) is 6.60. The van der Waals surface area contributed by atoms with Crippen LogP contribution in [-0.4, -0.2) is 29.7 Å². The predicted octanol–water partition coefficient (Wildman–Crippen LogP) is 1.63. The number of allylic oxidation sites excluding steroid dienone is 2. The van der Waals surface area contributed by atoms with Crippen LogP contribution in [0.4, 0.5) is 0 Å². The van der Waals surface area contributed by atoms with Crippen molar-refractivity contribution in [3.8, 4) is 0 Å². The lowest BCUT2D eigenvalue weighted by Crippen LogP contribution is -2.34. The third-order valence-electron chi connectivity index (χ3n) is 2.87. The molecule has 1 aliphatic carbocycles. The molecule has 15 heavy (non-hydrogen) atoms. The molecule has 1 heterocycles. The number of carbonyl (C=O) groups excluding carboxylic acids is 2. The number of hydrogen-bond donors (Lipinski definition) is 0. The molecule has 0 bridgehead atoms. The van der Waals surface area contributed by atoms with Gasteiger partial charge in [-0.3, -0.25) is 4.79 Å². The van der Waals surface area contributed by atoms with Crippen LogP contribution in [0.15, 0.2) is 22.8 Å². The Labute approximate surface area is 93.4 Å². The Bertz CT molecular complexity index is 360. The van der Waals surface area contributed by atoms with Crippen LogP contribution in [0.5, 0.6) is 0 Å². The zero-order chi connectivity index (χ0) is 10.8. The van der Waals surface area contributed by atoms with Crippen LogP contribution in [0.2, 0.25) is 0 Å². The molecular weight excluding hydrogens is 214 g/mol. The van der Waals surface area contributed by atoms with Gasteiger partial charge in [0.05, 0.1) is 12.6 Å². The van der Waals surface area contributed by atoms with Gasteiger partial charge in [-0.25, -0.2) is 0 Å². The van der Waals surface area contributed by atoms with Crippen LogP contribution >= 0.6 is 11.6 Å². The first kappa shape index (κ1) is 10.4. The molecule has 3 nitrogen and oxygen atoms in total. The molecule has 0 radical (unpaired) electrons. The van der Waals surface area contributed by atoms with Gasteiger partial charge in [0.2, 0.25) is 5.91 Å². The Hall–Kier alpha value is -1.09. The minimum absolute atomic E-state index is 0.0461. The van der Waals surface area contributed by atoms with E-state index in [1.807, 2.05) is 12.2 Å². The average molecular weight is 226 g/mol. The minimum atomic E-state index is 0.0461. The van der Waals surface area contributed by atoms with Crippen LogP contribution in [0.3, 0.4) is 0 Å². The molecule has 0 aromatic carbocycles. The normalized spacial score (nSPS) is 25.5. The minimum Gasteiger partial charge on any atom is -0.328 e. The molecule has 1 amide bonds. The number of halogens is 1. The first-order valence-electron chi connectivity index (χ1n) is 4.99. The van der Waals surface area contributed by atoms with Crippen molar-refractivity contribution in [1.29, 1.82) is 0 Å². The van der Waals surface area contributed by atoms with Crippen molar-refractivity contribution in [2.24, 2.45) is 0 Å². The van der Waals surface area contributed by atoms with E-state index in [1.165, 1.54) is 0 Å². The van der Waals surface area contributed by atoms with E-state index in [-0.39, 0.29) is 18.5 Å². The first-order chi connectivity index (χ1) is 7.22. The summed E-state index contributed by atoms with van der Waals surface area (Å²) in [5.41, 5.74) is 1.11. The van der Waals surface area contributed by atoms with Gasteiger partial charge in [-0.1, -0.05) is 23.8 Å². The fraction of sp³-hybridized carbons (Fsp3) is 0.455. The second-order valence-electron chi connectivity index (χ2n) is 3.78. The van der Waals surface area contributed by atoms with Crippen molar-refractivity contribution < 1.29 is 9.59 Å². The third-order valence-corrected chi connectivity index (χ3v) is 3.18. The number of nitrogens with zero attached hydrogens (tertiary/aromatic N) is 1. The second-order valence-corrected chi connectivity index (χ2v) is 4.26. The van der Waals surface area contributed by atoms with E-state index >= 15 is 0 Å². The monoisotopic (exact) mass is 225 g/mol. The molecule has 80 valence electrons. The number of fused-ring (bicyclic) bond motifs is 1. The molecule has 1 fully saturated rings. The SMILES string of the molecule is O=CCN1C(=O)CC2=CCC(Cl)=CCC21. The van der Waals surface area contributed by atoms with Crippen molar-refractivity contribution in [3.05, 3.63) is 22.8 Å². The van der Waals surface area contributed by atoms with E-state index in [2.05, 4.69) is 0 Å². The van der Waals surface area contributed by atoms with E-state index in [4.69, 9.17) is 11.6 Å². The average Bonchev–Trinajstić information content (AvgIpc) is 2.38. The molecule has 0 saturated carbocycles. The molecule has 1 saturated heterocycles. The fourth-order valence-corrected chi connectivity index (χ4v) is 2.28. The van der Waals surface area contributed by atoms with E-state index < -0.39 is 0 Å². The molecule has 0 N–H and O–H groups in total. The number of aldehydes is 1. The maximum atomic E-state index is 11.6. The van der Waals surface area contributed by atoms with E-state index in [1.54, 1.807) is 4.90 Å². The molecule has 2 aliphatic rings. The number of carbonyl (C=O) groups is 2. The molecule has 1 unspecified atom stereocenters. The zero-order valence-corrected chi connectivity index (χ0v) is 9.04. The summed E-state index contributed by atoms with van der Waals surface area (Å²) in [7, 11) is 0. The van der Waals surface area contributed by atoms with Gasteiger partial charge in [0.15, 0.2) is 0 Å². The lowest BCUT2D eigenvalue weighted by Gasteiger charge is -2.21. The topological polar surface area (TPSA) is 37.4 Å². The Kier molecular flexibility index (Phi) is 2.91. The number of rotatable bonds is 2. The Morgan fingerprint density at radius 3 is 3.07 bits per heavy atom. The number of likely N-dealkylation sites (tertiary alicyclic amines) is 1. The summed E-state index contributed by atoms with van der Waals surface area (Å²) in [6.45, 7) is 0.187. The smallest absolute Gasteiger partial charge is 0.227 e. The van der Waals surface area contributed by atoms with Gasteiger partial charge in [0.25, 0.3) is 0 Å². The zero-order valence-electron chi connectivity index (χ0n) is 8.28. The van der Waals surface area contributed by atoms with Gasteiger partial charge in [0, 0.05) is 17.9 Å². The van der Waals surface area contributed by atoms with Crippen molar-refractivity contribution in [3.63, 3.8) is 0 Å². The molecule has 0 spiro atoms. The highest BCUT2D eigenvalue weighted by Crippen LogP contribution is 2.31. The summed E-state index contributed by atoms with van der Waals surface area (Å²) < 4.78 is 0. The van der Waals surface area contributed by atoms with Crippen molar-refractivity contribution in [2.45, 2.75) is 25.3 Å². The summed E-state index contributed by atoms with van der Waals surface area (Å²) in [6, 6.07) is 0.0546. The highest BCUT2D eigenvalue weighted by molar-refractivity contribution is 6.29. The van der Waals surface area contributed by atoms with Crippen LogP contribution < -0.4 is 0 Å². The molecule has 0 aromatic heterocycles. The fourth-order valence-electron chi connectivity index (χ4n) is 2.12. The lowest BCUT2D eigenvalue weighted by molar-refractivity contribution is -0.131. The highest BCUT2D eigenvalue weighted by Gasteiger charge is 2.34.